The van der Waals surface area contributed by atoms with Crippen molar-refractivity contribution in [1.82, 2.24) is 14.9 Å². The summed E-state index contributed by atoms with van der Waals surface area (Å²) in [7, 11) is 3.46. The van der Waals surface area contributed by atoms with E-state index >= 15 is 0 Å². The second-order valence-corrected chi connectivity index (χ2v) is 4.03. The average molecular weight is 260 g/mol. The van der Waals surface area contributed by atoms with Gasteiger partial charge in [0.2, 0.25) is 0 Å². The fourth-order valence-electron chi connectivity index (χ4n) is 1.83. The van der Waals surface area contributed by atoms with E-state index in [1.807, 2.05) is 19.2 Å². The van der Waals surface area contributed by atoms with E-state index in [1.165, 1.54) is 4.57 Å². The van der Waals surface area contributed by atoms with Crippen LogP contribution in [-0.4, -0.2) is 23.7 Å². The molecule has 6 heteroatoms. The van der Waals surface area contributed by atoms with Crippen LogP contribution in [0.2, 0.25) is 0 Å². The normalized spacial score (nSPS) is 10.4. The van der Waals surface area contributed by atoms with E-state index < -0.39 is 5.69 Å². The van der Waals surface area contributed by atoms with Gasteiger partial charge in [-0.3, -0.25) is 4.57 Å². The molecule has 2 aromatic rings. The molecule has 0 fully saturated rings. The first-order valence-electron chi connectivity index (χ1n) is 5.82. The molecule has 0 saturated carbocycles. The Hall–Kier alpha value is -2.34. The van der Waals surface area contributed by atoms with E-state index in [4.69, 9.17) is 10.5 Å². The van der Waals surface area contributed by atoms with Gasteiger partial charge in [-0.2, -0.15) is 4.98 Å². The van der Waals surface area contributed by atoms with Gasteiger partial charge in [0.05, 0.1) is 12.8 Å². The van der Waals surface area contributed by atoms with Gasteiger partial charge < -0.3 is 15.8 Å². The number of nitrogen functional groups attached to an aromatic ring is 1. The molecule has 1 heterocycles. The highest BCUT2D eigenvalue weighted by atomic mass is 16.5. The van der Waals surface area contributed by atoms with Crippen LogP contribution in [0.5, 0.6) is 5.75 Å². The maximum absolute atomic E-state index is 11.8. The lowest BCUT2D eigenvalue weighted by Crippen LogP contribution is -2.21. The molecule has 1 aromatic heterocycles. The minimum atomic E-state index is -0.414. The fraction of sp³-hybridized carbons (Fsp3) is 0.231. The molecule has 1 aromatic carbocycles. The summed E-state index contributed by atoms with van der Waals surface area (Å²) >= 11 is 0. The lowest BCUT2D eigenvalue weighted by Gasteiger charge is -2.11. The zero-order valence-corrected chi connectivity index (χ0v) is 10.9. The quantitative estimate of drug-likeness (QED) is 0.838. The van der Waals surface area contributed by atoms with Gasteiger partial charge in [0.1, 0.15) is 11.6 Å². The van der Waals surface area contributed by atoms with Gasteiger partial charge in [-0.1, -0.05) is 6.07 Å². The van der Waals surface area contributed by atoms with Crippen molar-refractivity contribution in [3.05, 3.63) is 46.5 Å². The lowest BCUT2D eigenvalue weighted by atomic mass is 10.1. The lowest BCUT2D eigenvalue weighted by molar-refractivity contribution is 0.408. The van der Waals surface area contributed by atoms with Gasteiger partial charge in [0, 0.05) is 24.4 Å². The number of methoxy groups -OCH3 is 1. The molecule has 6 nitrogen and oxygen atoms in total. The molecule has 0 atom stereocenters. The molecular weight excluding hydrogens is 244 g/mol. The number of ether oxygens (including phenoxy) is 1. The smallest absolute Gasteiger partial charge is 0.354 e. The maximum Gasteiger partial charge on any atom is 0.354 e. The number of benzene rings is 1. The Morgan fingerprint density at radius 3 is 2.84 bits per heavy atom. The Bertz CT molecular complexity index is 637. The predicted molar refractivity (Wildman–Crippen MR) is 73.6 cm³/mol. The highest BCUT2D eigenvalue weighted by molar-refractivity contribution is 5.45. The molecule has 0 aliphatic rings. The van der Waals surface area contributed by atoms with Gasteiger partial charge in [-0.25, -0.2) is 4.79 Å². The summed E-state index contributed by atoms with van der Waals surface area (Å²) in [6, 6.07) is 7.13. The van der Waals surface area contributed by atoms with E-state index in [0.717, 1.165) is 11.3 Å². The molecule has 0 aliphatic heterocycles. The number of hydrogen-bond acceptors (Lipinski definition) is 5. The predicted octanol–water partition coefficient (Wildman–Crippen LogP) is 0.543. The number of anilines is 1. The minimum Gasteiger partial charge on any atom is -0.496 e. The molecule has 0 bridgehead atoms. The van der Waals surface area contributed by atoms with E-state index in [0.29, 0.717) is 12.2 Å². The second kappa shape index (κ2) is 5.53. The van der Waals surface area contributed by atoms with E-state index in [9.17, 15) is 4.79 Å². The van der Waals surface area contributed by atoms with Crippen molar-refractivity contribution in [2.45, 2.75) is 6.54 Å². The van der Waals surface area contributed by atoms with Crippen LogP contribution in [0.1, 0.15) is 5.56 Å². The van der Waals surface area contributed by atoms with Gasteiger partial charge >= 0.3 is 5.69 Å². The molecule has 0 amide bonds. The Kier molecular flexibility index (Phi) is 3.82. The first-order valence-corrected chi connectivity index (χ1v) is 5.82. The van der Waals surface area contributed by atoms with Crippen molar-refractivity contribution in [3.8, 4) is 11.4 Å². The molecule has 0 saturated heterocycles. The van der Waals surface area contributed by atoms with Crippen molar-refractivity contribution < 1.29 is 4.74 Å². The summed E-state index contributed by atoms with van der Waals surface area (Å²) < 4.78 is 6.74. The Morgan fingerprint density at radius 1 is 1.42 bits per heavy atom. The molecule has 0 unspecified atom stereocenters. The molecule has 0 aliphatic carbocycles. The maximum atomic E-state index is 11.8. The topological polar surface area (TPSA) is 82.2 Å². The third-order valence-electron chi connectivity index (χ3n) is 2.74. The molecule has 2 rings (SSSR count). The second-order valence-electron chi connectivity index (χ2n) is 4.03. The highest BCUT2D eigenvalue weighted by Crippen LogP contribution is 2.21. The Balaban J connectivity index is 2.48. The Morgan fingerprint density at radius 2 is 2.21 bits per heavy atom. The molecule has 100 valence electrons. The van der Waals surface area contributed by atoms with Gasteiger partial charge in [0.25, 0.3) is 0 Å². The zero-order valence-electron chi connectivity index (χ0n) is 10.9. The highest BCUT2D eigenvalue weighted by Gasteiger charge is 2.06. The van der Waals surface area contributed by atoms with Crippen LogP contribution in [0.3, 0.4) is 0 Å². The molecular formula is C13H16N4O2. The van der Waals surface area contributed by atoms with Crippen molar-refractivity contribution >= 4 is 5.82 Å². The first-order chi connectivity index (χ1) is 9.15. The molecule has 0 radical (unpaired) electrons. The van der Waals surface area contributed by atoms with Gasteiger partial charge in [-0.05, 0) is 19.2 Å². The summed E-state index contributed by atoms with van der Waals surface area (Å²) in [6.45, 7) is 0.693. The summed E-state index contributed by atoms with van der Waals surface area (Å²) in [5.74, 6) is 0.926. The van der Waals surface area contributed by atoms with Crippen LogP contribution < -0.4 is 21.5 Å². The summed E-state index contributed by atoms with van der Waals surface area (Å²) in [5.41, 5.74) is 6.76. The van der Waals surface area contributed by atoms with E-state index in [-0.39, 0.29) is 5.82 Å². The number of nitrogens with zero attached hydrogens (tertiary/aromatic N) is 2. The Labute approximate surface area is 110 Å². The van der Waals surface area contributed by atoms with Crippen LogP contribution in [0.25, 0.3) is 5.69 Å². The van der Waals surface area contributed by atoms with Crippen LogP contribution >= 0.6 is 0 Å². The van der Waals surface area contributed by atoms with Crippen molar-refractivity contribution in [2.75, 3.05) is 19.9 Å². The third kappa shape index (κ3) is 2.74. The SMILES string of the molecule is CNCc1ccc(-n2ccc(N)nc2=O)cc1OC. The van der Waals surface area contributed by atoms with E-state index in [2.05, 4.69) is 10.3 Å². The molecule has 19 heavy (non-hydrogen) atoms. The number of rotatable bonds is 4. The number of nitrogens with two attached hydrogens (primary N) is 1. The van der Waals surface area contributed by atoms with Crippen LogP contribution in [0.4, 0.5) is 5.82 Å². The van der Waals surface area contributed by atoms with Gasteiger partial charge in [-0.15, -0.1) is 0 Å². The minimum absolute atomic E-state index is 0.208. The number of aromatic nitrogens is 2. The van der Waals surface area contributed by atoms with Crippen LogP contribution in [0, 0.1) is 0 Å². The molecule has 0 spiro atoms. The zero-order chi connectivity index (χ0) is 13.8. The summed E-state index contributed by atoms with van der Waals surface area (Å²) in [4.78, 5) is 15.5. The first kappa shape index (κ1) is 13.1. The van der Waals surface area contributed by atoms with Crippen molar-refractivity contribution in [1.29, 1.82) is 0 Å². The van der Waals surface area contributed by atoms with Crippen LogP contribution in [-0.2, 0) is 6.54 Å². The fourth-order valence-corrected chi connectivity index (χ4v) is 1.83. The number of nitrogens with one attached hydrogen (secondary N) is 1. The number of hydrogen-bond donors (Lipinski definition) is 2. The molecule has 3 N–H and O–H groups in total. The van der Waals surface area contributed by atoms with E-state index in [1.54, 1.807) is 25.4 Å². The van der Waals surface area contributed by atoms with Gasteiger partial charge in [0.15, 0.2) is 0 Å². The monoisotopic (exact) mass is 260 g/mol. The third-order valence-corrected chi connectivity index (χ3v) is 2.74. The van der Waals surface area contributed by atoms with Crippen molar-refractivity contribution in [3.63, 3.8) is 0 Å². The van der Waals surface area contributed by atoms with Crippen molar-refractivity contribution in [2.24, 2.45) is 0 Å². The average Bonchev–Trinajstić information content (AvgIpc) is 2.40. The van der Waals surface area contributed by atoms with Crippen LogP contribution in [0.15, 0.2) is 35.3 Å². The standard InChI is InChI=1S/C13H16N4O2/c1-15-8-9-3-4-10(7-11(9)19-2)17-6-5-12(14)16-13(17)18/h3-7,15H,8H2,1-2H3,(H2,14,16,18). The summed E-state index contributed by atoms with van der Waals surface area (Å²) in [6.07, 6.45) is 1.59. The largest absolute Gasteiger partial charge is 0.496 e. The summed E-state index contributed by atoms with van der Waals surface area (Å²) in [5, 5.41) is 3.06.